The van der Waals surface area contributed by atoms with Crippen LogP contribution in [0.4, 0.5) is 16.8 Å². The van der Waals surface area contributed by atoms with Crippen molar-refractivity contribution in [1.82, 2.24) is 24.8 Å². The van der Waals surface area contributed by atoms with Gasteiger partial charge in [-0.3, -0.25) is 4.98 Å². The Balaban J connectivity index is 1.63. The summed E-state index contributed by atoms with van der Waals surface area (Å²) in [7, 11) is 0. The Kier molecular flexibility index (Phi) is 7.27. The van der Waals surface area contributed by atoms with Crippen molar-refractivity contribution in [3.8, 4) is 10.4 Å². The maximum atomic E-state index is 4.62. The summed E-state index contributed by atoms with van der Waals surface area (Å²) in [6, 6.07) is 4.11. The molecule has 148 valence electrons. The fourth-order valence-electron chi connectivity index (χ4n) is 2.92. The molecule has 7 nitrogen and oxygen atoms in total. The molecule has 0 bridgehead atoms. The highest BCUT2D eigenvalue weighted by Crippen LogP contribution is 2.34. The predicted molar refractivity (Wildman–Crippen MR) is 116 cm³/mol. The molecule has 0 radical (unpaired) electrons. The minimum atomic E-state index is 0.688. The summed E-state index contributed by atoms with van der Waals surface area (Å²) < 4.78 is 0. The lowest BCUT2D eigenvalue weighted by Gasteiger charge is -2.17. The van der Waals surface area contributed by atoms with E-state index in [-0.39, 0.29) is 0 Å². The van der Waals surface area contributed by atoms with Gasteiger partial charge in [0.05, 0.1) is 16.8 Å². The Morgan fingerprint density at radius 2 is 1.89 bits per heavy atom. The number of anilines is 3. The van der Waals surface area contributed by atoms with E-state index in [1.165, 1.54) is 0 Å². The van der Waals surface area contributed by atoms with Crippen molar-refractivity contribution < 1.29 is 0 Å². The molecule has 0 aliphatic carbocycles. The molecule has 0 saturated heterocycles. The Labute approximate surface area is 170 Å². The molecule has 28 heavy (non-hydrogen) atoms. The summed E-state index contributed by atoms with van der Waals surface area (Å²) in [5.41, 5.74) is 2.10. The molecule has 8 heteroatoms. The third kappa shape index (κ3) is 5.46. The SMILES string of the molecule is CCN(CC)CCCNc1cc(-c2sc(Nc3cnccn3)nc2C)ccn1. The van der Waals surface area contributed by atoms with Gasteiger partial charge in [0.1, 0.15) is 5.82 Å². The fourth-order valence-corrected chi connectivity index (χ4v) is 3.89. The molecular formula is C20H27N7S. The van der Waals surface area contributed by atoms with Crippen LogP contribution >= 0.6 is 11.3 Å². The lowest BCUT2D eigenvalue weighted by molar-refractivity contribution is 0.303. The van der Waals surface area contributed by atoms with Gasteiger partial charge in [0.2, 0.25) is 0 Å². The molecule has 3 aromatic heterocycles. The number of aryl methyl sites for hydroxylation is 1. The fraction of sp³-hybridized carbons (Fsp3) is 0.400. The van der Waals surface area contributed by atoms with Crippen LogP contribution in [-0.2, 0) is 0 Å². The molecule has 2 N–H and O–H groups in total. The van der Waals surface area contributed by atoms with Gasteiger partial charge >= 0.3 is 0 Å². The zero-order chi connectivity index (χ0) is 19.8. The Morgan fingerprint density at radius 1 is 1.07 bits per heavy atom. The van der Waals surface area contributed by atoms with E-state index >= 15 is 0 Å². The average molecular weight is 398 g/mol. The van der Waals surface area contributed by atoms with E-state index in [0.29, 0.717) is 5.82 Å². The number of hydrogen-bond donors (Lipinski definition) is 2. The zero-order valence-corrected chi connectivity index (χ0v) is 17.5. The molecule has 3 heterocycles. The van der Waals surface area contributed by atoms with Gasteiger partial charge in [0.15, 0.2) is 10.9 Å². The summed E-state index contributed by atoms with van der Waals surface area (Å²) in [4.78, 5) is 20.9. The molecule has 0 atom stereocenters. The van der Waals surface area contributed by atoms with Crippen LogP contribution in [0.1, 0.15) is 26.0 Å². The normalized spacial score (nSPS) is 11.0. The second-order valence-electron chi connectivity index (χ2n) is 6.39. The summed E-state index contributed by atoms with van der Waals surface area (Å²) in [5.74, 6) is 1.58. The lowest BCUT2D eigenvalue weighted by Crippen LogP contribution is -2.25. The number of hydrogen-bond acceptors (Lipinski definition) is 8. The average Bonchev–Trinajstić information content (AvgIpc) is 3.09. The molecular weight excluding hydrogens is 370 g/mol. The number of aromatic nitrogens is 4. The van der Waals surface area contributed by atoms with Crippen LogP contribution in [0.3, 0.4) is 0 Å². The quantitative estimate of drug-likeness (QED) is 0.497. The molecule has 3 rings (SSSR count). The van der Waals surface area contributed by atoms with Gasteiger partial charge < -0.3 is 15.5 Å². The van der Waals surface area contributed by atoms with Crippen molar-refractivity contribution in [2.24, 2.45) is 0 Å². The molecule has 0 fully saturated rings. The van der Waals surface area contributed by atoms with Gasteiger partial charge in [-0.05, 0) is 50.7 Å². The van der Waals surface area contributed by atoms with Crippen LogP contribution in [-0.4, -0.2) is 51.0 Å². The molecule has 0 saturated carbocycles. The molecule has 0 aliphatic rings. The molecule has 0 amide bonds. The van der Waals surface area contributed by atoms with Crippen LogP contribution in [0.2, 0.25) is 0 Å². The van der Waals surface area contributed by atoms with E-state index in [9.17, 15) is 0 Å². The predicted octanol–water partition coefficient (Wildman–Crippen LogP) is 4.19. The molecule has 0 spiro atoms. The molecule has 0 aliphatic heterocycles. The topological polar surface area (TPSA) is 78.9 Å². The summed E-state index contributed by atoms with van der Waals surface area (Å²) in [5, 5.41) is 7.45. The maximum absolute atomic E-state index is 4.62. The highest BCUT2D eigenvalue weighted by molar-refractivity contribution is 7.19. The van der Waals surface area contributed by atoms with Crippen molar-refractivity contribution >= 4 is 28.1 Å². The summed E-state index contributed by atoms with van der Waals surface area (Å²) >= 11 is 1.60. The first-order valence-corrected chi connectivity index (χ1v) is 10.4. The van der Waals surface area contributed by atoms with Crippen LogP contribution in [0.25, 0.3) is 10.4 Å². The van der Waals surface area contributed by atoms with E-state index in [0.717, 1.165) is 59.7 Å². The first kappa shape index (κ1) is 20.2. The van der Waals surface area contributed by atoms with Gasteiger partial charge in [-0.1, -0.05) is 25.2 Å². The Bertz CT molecular complexity index is 862. The first-order valence-electron chi connectivity index (χ1n) is 9.62. The van der Waals surface area contributed by atoms with Crippen molar-refractivity contribution in [2.45, 2.75) is 27.2 Å². The van der Waals surface area contributed by atoms with Crippen LogP contribution < -0.4 is 10.6 Å². The molecule has 0 aromatic carbocycles. The summed E-state index contributed by atoms with van der Waals surface area (Å²) in [6.07, 6.45) is 7.93. The molecule has 0 unspecified atom stereocenters. The minimum Gasteiger partial charge on any atom is -0.370 e. The number of pyridine rings is 1. The highest BCUT2D eigenvalue weighted by Gasteiger charge is 2.11. The zero-order valence-electron chi connectivity index (χ0n) is 16.6. The molecule has 3 aromatic rings. The van der Waals surface area contributed by atoms with Crippen LogP contribution in [0.15, 0.2) is 36.9 Å². The van der Waals surface area contributed by atoms with E-state index < -0.39 is 0 Å². The van der Waals surface area contributed by atoms with Gasteiger partial charge in [-0.15, -0.1) is 0 Å². The minimum absolute atomic E-state index is 0.688. The third-order valence-corrected chi connectivity index (χ3v) is 5.59. The van der Waals surface area contributed by atoms with Gasteiger partial charge in [-0.25, -0.2) is 15.0 Å². The first-order chi connectivity index (χ1) is 13.7. The van der Waals surface area contributed by atoms with Crippen molar-refractivity contribution in [1.29, 1.82) is 0 Å². The second-order valence-corrected chi connectivity index (χ2v) is 7.39. The van der Waals surface area contributed by atoms with E-state index in [1.807, 2.05) is 19.2 Å². The lowest BCUT2D eigenvalue weighted by atomic mass is 10.2. The van der Waals surface area contributed by atoms with E-state index in [4.69, 9.17) is 0 Å². The highest BCUT2D eigenvalue weighted by atomic mass is 32.1. The van der Waals surface area contributed by atoms with E-state index in [1.54, 1.807) is 29.9 Å². The van der Waals surface area contributed by atoms with Crippen LogP contribution in [0.5, 0.6) is 0 Å². The number of thiazole rings is 1. The standard InChI is InChI=1S/C20H27N7S/c1-4-27(5-2)12-6-8-22-17-13-16(7-9-23-17)19-15(3)25-20(28-19)26-18-14-21-10-11-24-18/h7,9-11,13-14H,4-6,8,12H2,1-3H3,(H,22,23)(H,24,25,26). The van der Waals surface area contributed by atoms with Crippen molar-refractivity contribution in [3.63, 3.8) is 0 Å². The van der Waals surface area contributed by atoms with E-state index in [2.05, 4.69) is 55.4 Å². The Morgan fingerprint density at radius 3 is 2.64 bits per heavy atom. The van der Waals surface area contributed by atoms with Crippen molar-refractivity contribution in [2.75, 3.05) is 36.8 Å². The Hall–Kier alpha value is -2.58. The third-order valence-electron chi connectivity index (χ3n) is 4.47. The van der Waals surface area contributed by atoms with Gasteiger partial charge in [0.25, 0.3) is 0 Å². The van der Waals surface area contributed by atoms with Crippen LogP contribution in [0, 0.1) is 6.92 Å². The largest absolute Gasteiger partial charge is 0.370 e. The van der Waals surface area contributed by atoms with Crippen molar-refractivity contribution in [3.05, 3.63) is 42.6 Å². The maximum Gasteiger partial charge on any atom is 0.189 e. The smallest absolute Gasteiger partial charge is 0.189 e. The number of rotatable bonds is 10. The number of nitrogens with one attached hydrogen (secondary N) is 2. The van der Waals surface area contributed by atoms with Gasteiger partial charge in [-0.2, -0.15) is 0 Å². The summed E-state index contributed by atoms with van der Waals surface area (Å²) in [6.45, 7) is 10.6. The van der Waals surface area contributed by atoms with Gasteiger partial charge in [0, 0.05) is 25.1 Å². The monoisotopic (exact) mass is 397 g/mol. The number of nitrogens with zero attached hydrogens (tertiary/aromatic N) is 5. The second kappa shape index (κ2) is 10.1.